The van der Waals surface area contributed by atoms with E-state index in [0.29, 0.717) is 16.8 Å². The normalized spacial score (nSPS) is 16.1. The first-order valence-electron chi connectivity index (χ1n) is 9.50. The van der Waals surface area contributed by atoms with Crippen molar-refractivity contribution in [2.45, 2.75) is 13.0 Å². The highest BCUT2D eigenvalue weighted by Crippen LogP contribution is 2.35. The molecule has 4 rings (SSSR count). The molecule has 2 N–H and O–H groups in total. The summed E-state index contributed by atoms with van der Waals surface area (Å²) in [5, 5.41) is 11.2. The van der Waals surface area contributed by atoms with Crippen molar-refractivity contribution in [2.24, 2.45) is 0 Å². The van der Waals surface area contributed by atoms with Crippen LogP contribution in [0.15, 0.2) is 58.8 Å². The van der Waals surface area contributed by atoms with Crippen LogP contribution in [0.2, 0.25) is 0 Å². The molecule has 2 aromatic carbocycles. The molecule has 1 unspecified atom stereocenters. The summed E-state index contributed by atoms with van der Waals surface area (Å²) in [6, 6.07) is 15.7. The monoisotopic (exact) mass is 421 g/mol. The van der Waals surface area contributed by atoms with Gasteiger partial charge in [-0.3, -0.25) is 0 Å². The van der Waals surface area contributed by atoms with Gasteiger partial charge in [0.15, 0.2) is 5.11 Å². The lowest BCUT2D eigenvalue weighted by Gasteiger charge is -2.29. The maximum atomic E-state index is 5.65. The van der Waals surface area contributed by atoms with E-state index in [-0.39, 0.29) is 6.04 Å². The first-order valence-corrected chi connectivity index (χ1v) is 9.91. The van der Waals surface area contributed by atoms with Crippen LogP contribution >= 0.6 is 12.2 Å². The van der Waals surface area contributed by atoms with Gasteiger partial charge in [0.2, 0.25) is 5.82 Å². The summed E-state index contributed by atoms with van der Waals surface area (Å²) < 4.78 is 10.9. The van der Waals surface area contributed by atoms with Crippen molar-refractivity contribution in [3.05, 3.63) is 65.7 Å². The van der Waals surface area contributed by atoms with Crippen LogP contribution in [-0.4, -0.2) is 36.5 Å². The summed E-state index contributed by atoms with van der Waals surface area (Å²) in [7, 11) is 5.67. The van der Waals surface area contributed by atoms with Gasteiger partial charge in [-0.15, -0.1) is 0 Å². The standard InChI is InChI=1S/C22H23N5O2S/c1-13-18(21-25-20(26-29-21)15-7-11-17(28-4)12-8-15)19(24-22(30)23-13)14-5-9-16(10-6-14)27(2)3/h5-12,19H,1-4H3,(H2,23,24,30). The number of ether oxygens (including phenoxy) is 1. The highest BCUT2D eigenvalue weighted by atomic mass is 32.1. The van der Waals surface area contributed by atoms with Crippen molar-refractivity contribution in [3.63, 3.8) is 0 Å². The molecule has 0 aliphatic carbocycles. The Labute approximate surface area is 180 Å². The van der Waals surface area contributed by atoms with Gasteiger partial charge in [-0.1, -0.05) is 17.3 Å². The number of nitrogens with one attached hydrogen (secondary N) is 2. The molecule has 0 saturated carbocycles. The SMILES string of the molecule is COc1ccc(-c2noc(C3=C(C)NC(=S)NC3c3ccc(N(C)C)cc3)n2)cc1. The van der Waals surface area contributed by atoms with Gasteiger partial charge in [0, 0.05) is 31.0 Å². The fourth-order valence-electron chi connectivity index (χ4n) is 3.38. The van der Waals surface area contributed by atoms with E-state index in [0.717, 1.165) is 33.8 Å². The molecule has 154 valence electrons. The van der Waals surface area contributed by atoms with Gasteiger partial charge in [0.05, 0.1) is 18.7 Å². The van der Waals surface area contributed by atoms with Gasteiger partial charge < -0.3 is 24.8 Å². The molecule has 0 amide bonds. The van der Waals surface area contributed by atoms with Gasteiger partial charge >= 0.3 is 0 Å². The Hall–Kier alpha value is -3.39. The molecule has 1 aliphatic rings. The summed E-state index contributed by atoms with van der Waals surface area (Å²) in [4.78, 5) is 6.71. The molecule has 1 atom stereocenters. The number of hydrogen-bond donors (Lipinski definition) is 2. The lowest BCUT2D eigenvalue weighted by atomic mass is 9.95. The summed E-state index contributed by atoms with van der Waals surface area (Å²) in [5.74, 6) is 1.74. The van der Waals surface area contributed by atoms with E-state index < -0.39 is 0 Å². The molecular formula is C22H23N5O2S. The summed E-state index contributed by atoms with van der Waals surface area (Å²) in [6.45, 7) is 1.96. The van der Waals surface area contributed by atoms with E-state index in [4.69, 9.17) is 21.5 Å². The predicted octanol–water partition coefficient (Wildman–Crippen LogP) is 3.76. The van der Waals surface area contributed by atoms with Crippen LogP contribution < -0.4 is 20.3 Å². The molecule has 0 radical (unpaired) electrons. The third kappa shape index (κ3) is 3.86. The third-order valence-electron chi connectivity index (χ3n) is 5.02. The summed E-state index contributed by atoms with van der Waals surface area (Å²) in [6.07, 6.45) is 0. The van der Waals surface area contributed by atoms with Crippen molar-refractivity contribution < 1.29 is 9.26 Å². The fraction of sp³-hybridized carbons (Fsp3) is 0.227. The van der Waals surface area contributed by atoms with E-state index in [1.54, 1.807) is 7.11 Å². The van der Waals surface area contributed by atoms with Crippen LogP contribution in [0.25, 0.3) is 17.0 Å². The second-order valence-corrected chi connectivity index (χ2v) is 7.62. The molecule has 0 bridgehead atoms. The molecule has 8 heteroatoms. The summed E-state index contributed by atoms with van der Waals surface area (Å²) in [5.41, 5.74) is 4.78. The lowest BCUT2D eigenvalue weighted by Crippen LogP contribution is -2.42. The predicted molar refractivity (Wildman–Crippen MR) is 121 cm³/mol. The smallest absolute Gasteiger partial charge is 0.258 e. The Morgan fingerprint density at radius 1 is 1.07 bits per heavy atom. The van der Waals surface area contributed by atoms with Crippen molar-refractivity contribution in [1.29, 1.82) is 0 Å². The molecule has 0 spiro atoms. The molecule has 2 heterocycles. The number of thiocarbonyl (C=S) groups is 1. The number of methoxy groups -OCH3 is 1. The maximum Gasteiger partial charge on any atom is 0.258 e. The number of hydrogen-bond acceptors (Lipinski definition) is 6. The molecular weight excluding hydrogens is 398 g/mol. The summed E-state index contributed by atoms with van der Waals surface area (Å²) >= 11 is 5.39. The van der Waals surface area contributed by atoms with Crippen molar-refractivity contribution in [3.8, 4) is 17.1 Å². The zero-order valence-corrected chi connectivity index (χ0v) is 18.1. The molecule has 0 fully saturated rings. The zero-order chi connectivity index (χ0) is 21.3. The maximum absolute atomic E-state index is 5.65. The number of benzene rings is 2. The average Bonchev–Trinajstić information content (AvgIpc) is 3.23. The van der Waals surface area contributed by atoms with Gasteiger partial charge in [0.25, 0.3) is 5.89 Å². The molecule has 30 heavy (non-hydrogen) atoms. The van der Waals surface area contributed by atoms with Crippen LogP contribution in [0.1, 0.15) is 24.4 Å². The molecule has 0 saturated heterocycles. The van der Waals surface area contributed by atoms with Crippen molar-refractivity contribution in [2.75, 3.05) is 26.1 Å². The van der Waals surface area contributed by atoms with E-state index in [1.165, 1.54) is 0 Å². The minimum atomic E-state index is -0.195. The molecule has 1 aromatic heterocycles. The van der Waals surface area contributed by atoms with Crippen LogP contribution in [0, 0.1) is 0 Å². The highest BCUT2D eigenvalue weighted by molar-refractivity contribution is 7.80. The van der Waals surface area contributed by atoms with Gasteiger partial charge in [-0.25, -0.2) is 0 Å². The Bertz CT molecular complexity index is 1090. The average molecular weight is 422 g/mol. The van der Waals surface area contributed by atoms with Crippen molar-refractivity contribution >= 4 is 28.6 Å². The van der Waals surface area contributed by atoms with Crippen LogP contribution in [0.4, 0.5) is 5.69 Å². The second-order valence-electron chi connectivity index (χ2n) is 7.21. The van der Waals surface area contributed by atoms with E-state index in [1.807, 2.05) is 45.3 Å². The van der Waals surface area contributed by atoms with Crippen molar-refractivity contribution in [1.82, 2.24) is 20.8 Å². The van der Waals surface area contributed by atoms with Gasteiger partial charge in [0.1, 0.15) is 5.75 Å². The first-order chi connectivity index (χ1) is 14.5. The largest absolute Gasteiger partial charge is 0.497 e. The highest BCUT2D eigenvalue weighted by Gasteiger charge is 2.30. The van der Waals surface area contributed by atoms with Crippen LogP contribution in [0.5, 0.6) is 5.75 Å². The number of nitrogens with zero attached hydrogens (tertiary/aromatic N) is 3. The quantitative estimate of drug-likeness (QED) is 0.603. The van der Waals surface area contributed by atoms with Gasteiger partial charge in [-0.2, -0.15) is 4.98 Å². The molecule has 3 aromatic rings. The van der Waals surface area contributed by atoms with Crippen LogP contribution in [-0.2, 0) is 0 Å². The fourth-order valence-corrected chi connectivity index (χ4v) is 3.65. The van der Waals surface area contributed by atoms with E-state index >= 15 is 0 Å². The second kappa shape index (κ2) is 8.16. The Morgan fingerprint density at radius 3 is 2.40 bits per heavy atom. The zero-order valence-electron chi connectivity index (χ0n) is 17.3. The number of anilines is 1. The van der Waals surface area contributed by atoms with Crippen LogP contribution in [0.3, 0.4) is 0 Å². The third-order valence-corrected chi connectivity index (χ3v) is 5.24. The number of allylic oxidation sites excluding steroid dienone is 1. The van der Waals surface area contributed by atoms with Gasteiger partial charge in [-0.05, 0) is 61.1 Å². The molecule has 7 nitrogen and oxygen atoms in total. The number of rotatable bonds is 5. The Kier molecular flexibility index (Phi) is 5.41. The Balaban J connectivity index is 1.70. The first kappa shape index (κ1) is 19.9. The number of aromatic nitrogens is 2. The minimum absolute atomic E-state index is 0.195. The lowest BCUT2D eigenvalue weighted by molar-refractivity contribution is 0.403. The topological polar surface area (TPSA) is 75.5 Å². The molecule has 1 aliphatic heterocycles. The minimum Gasteiger partial charge on any atom is -0.497 e. The van der Waals surface area contributed by atoms with E-state index in [2.05, 4.69) is 49.9 Å². The Morgan fingerprint density at radius 2 is 1.77 bits per heavy atom. The van der Waals surface area contributed by atoms with E-state index in [9.17, 15) is 0 Å².